The van der Waals surface area contributed by atoms with Gasteiger partial charge in [-0.15, -0.1) is 0 Å². The zero-order chi connectivity index (χ0) is 19.4. The van der Waals surface area contributed by atoms with Crippen molar-refractivity contribution in [3.8, 4) is 0 Å². The molecule has 0 aliphatic rings. The molecule has 0 aliphatic heterocycles. The molecule has 0 fully saturated rings. The summed E-state index contributed by atoms with van der Waals surface area (Å²) in [5, 5.41) is 3.15. The number of nitrogens with one attached hydrogen (secondary N) is 1. The SMILES string of the molecule is COC(=O)c1ccccc1NC(=O)CCn1cnc2ccc(Br)cc2c1=O. The normalized spacial score (nSPS) is 10.6. The Morgan fingerprint density at radius 3 is 2.78 bits per heavy atom. The highest BCUT2D eigenvalue weighted by Crippen LogP contribution is 2.17. The maximum Gasteiger partial charge on any atom is 0.339 e. The monoisotopic (exact) mass is 429 g/mol. The molecule has 7 nitrogen and oxygen atoms in total. The number of aryl methyl sites for hydroxylation is 1. The first-order valence-corrected chi connectivity index (χ1v) is 8.91. The van der Waals surface area contributed by atoms with Gasteiger partial charge in [-0.1, -0.05) is 28.1 Å². The molecular formula is C19H16BrN3O4. The third-order valence-corrected chi connectivity index (χ3v) is 4.47. The predicted octanol–water partition coefficient (Wildman–Crippen LogP) is 2.97. The molecule has 0 aliphatic carbocycles. The molecule has 0 atom stereocenters. The Bertz CT molecular complexity index is 1080. The fraction of sp³-hybridized carbons (Fsp3) is 0.158. The summed E-state index contributed by atoms with van der Waals surface area (Å²) in [4.78, 5) is 40.8. The summed E-state index contributed by atoms with van der Waals surface area (Å²) in [6.07, 6.45) is 1.48. The molecule has 1 aromatic heterocycles. The van der Waals surface area contributed by atoms with Crippen LogP contribution in [0.4, 0.5) is 5.69 Å². The molecule has 0 radical (unpaired) electrons. The summed E-state index contributed by atoms with van der Waals surface area (Å²) in [7, 11) is 1.28. The molecule has 8 heteroatoms. The fourth-order valence-corrected chi connectivity index (χ4v) is 2.97. The highest BCUT2D eigenvalue weighted by molar-refractivity contribution is 9.10. The van der Waals surface area contributed by atoms with E-state index in [1.807, 2.05) is 6.07 Å². The van der Waals surface area contributed by atoms with Crippen LogP contribution >= 0.6 is 15.9 Å². The number of esters is 1. The van der Waals surface area contributed by atoms with Crippen molar-refractivity contribution in [3.63, 3.8) is 0 Å². The first-order chi connectivity index (χ1) is 13.0. The van der Waals surface area contributed by atoms with Gasteiger partial charge in [-0.3, -0.25) is 14.2 Å². The smallest absolute Gasteiger partial charge is 0.339 e. The first kappa shape index (κ1) is 18.8. The van der Waals surface area contributed by atoms with Crippen molar-refractivity contribution in [3.05, 3.63) is 69.2 Å². The second kappa shape index (κ2) is 8.13. The van der Waals surface area contributed by atoms with Crippen LogP contribution in [0.2, 0.25) is 0 Å². The van der Waals surface area contributed by atoms with Crippen LogP contribution in [-0.2, 0) is 16.1 Å². The number of anilines is 1. The minimum atomic E-state index is -0.536. The second-order valence-electron chi connectivity index (χ2n) is 5.74. The Morgan fingerprint density at radius 2 is 2.00 bits per heavy atom. The van der Waals surface area contributed by atoms with E-state index in [0.29, 0.717) is 16.6 Å². The Morgan fingerprint density at radius 1 is 1.22 bits per heavy atom. The van der Waals surface area contributed by atoms with E-state index >= 15 is 0 Å². The number of amides is 1. The third-order valence-electron chi connectivity index (χ3n) is 3.97. The summed E-state index contributed by atoms with van der Waals surface area (Å²) in [6.45, 7) is 0.167. The Balaban J connectivity index is 1.74. The van der Waals surface area contributed by atoms with Crippen molar-refractivity contribution in [1.82, 2.24) is 9.55 Å². The molecule has 2 aromatic carbocycles. The Labute approximate surface area is 163 Å². The Kier molecular flexibility index (Phi) is 5.66. The van der Waals surface area contributed by atoms with E-state index in [-0.39, 0.29) is 30.0 Å². The molecule has 27 heavy (non-hydrogen) atoms. The van der Waals surface area contributed by atoms with Crippen molar-refractivity contribution in [2.75, 3.05) is 12.4 Å². The Hall–Kier alpha value is -3.00. The van der Waals surface area contributed by atoms with Crippen LogP contribution in [0.3, 0.4) is 0 Å². The molecule has 0 bridgehead atoms. The number of ether oxygens (including phenoxy) is 1. The number of fused-ring (bicyclic) bond motifs is 1. The summed E-state index contributed by atoms with van der Waals surface area (Å²) in [5.74, 6) is -0.862. The number of halogens is 1. The maximum absolute atomic E-state index is 12.5. The molecule has 1 N–H and O–H groups in total. The number of para-hydroxylation sites is 1. The van der Waals surface area contributed by atoms with Crippen LogP contribution in [0.1, 0.15) is 16.8 Å². The van der Waals surface area contributed by atoms with Gasteiger partial charge in [-0.05, 0) is 30.3 Å². The van der Waals surface area contributed by atoms with Gasteiger partial charge in [0.2, 0.25) is 5.91 Å². The average Bonchev–Trinajstić information content (AvgIpc) is 2.67. The number of benzene rings is 2. The van der Waals surface area contributed by atoms with Gasteiger partial charge in [0.05, 0.1) is 35.6 Å². The highest BCUT2D eigenvalue weighted by atomic mass is 79.9. The average molecular weight is 430 g/mol. The fourth-order valence-electron chi connectivity index (χ4n) is 2.61. The molecule has 0 spiro atoms. The maximum atomic E-state index is 12.5. The van der Waals surface area contributed by atoms with E-state index in [9.17, 15) is 14.4 Å². The standard InChI is InChI=1S/C19H16BrN3O4/c1-27-19(26)13-4-2-3-5-16(13)22-17(24)8-9-23-11-21-15-7-6-12(20)10-14(15)18(23)25/h2-7,10-11H,8-9H2,1H3,(H,22,24). The predicted molar refractivity (Wildman–Crippen MR) is 105 cm³/mol. The van der Waals surface area contributed by atoms with Gasteiger partial charge in [0.15, 0.2) is 0 Å². The zero-order valence-electron chi connectivity index (χ0n) is 14.4. The van der Waals surface area contributed by atoms with Crippen LogP contribution in [0, 0.1) is 0 Å². The van der Waals surface area contributed by atoms with Gasteiger partial charge in [0.1, 0.15) is 0 Å². The molecular weight excluding hydrogens is 414 g/mol. The first-order valence-electron chi connectivity index (χ1n) is 8.11. The minimum Gasteiger partial charge on any atom is -0.465 e. The van der Waals surface area contributed by atoms with Crippen LogP contribution in [0.15, 0.2) is 58.1 Å². The summed E-state index contributed by atoms with van der Waals surface area (Å²) < 4.78 is 6.88. The van der Waals surface area contributed by atoms with E-state index in [0.717, 1.165) is 4.47 Å². The number of carbonyl (C=O) groups excluding carboxylic acids is 2. The van der Waals surface area contributed by atoms with Crippen LogP contribution in [0.25, 0.3) is 10.9 Å². The summed E-state index contributed by atoms with van der Waals surface area (Å²) in [5.41, 5.74) is 1.00. The molecule has 0 saturated carbocycles. The lowest BCUT2D eigenvalue weighted by Gasteiger charge is -2.10. The topological polar surface area (TPSA) is 90.3 Å². The highest BCUT2D eigenvalue weighted by Gasteiger charge is 2.13. The number of methoxy groups -OCH3 is 1. The molecule has 138 valence electrons. The molecule has 3 aromatic rings. The van der Waals surface area contributed by atoms with E-state index in [2.05, 4.69) is 26.2 Å². The lowest BCUT2D eigenvalue weighted by molar-refractivity contribution is -0.116. The minimum absolute atomic E-state index is 0.0522. The van der Waals surface area contributed by atoms with Crippen molar-refractivity contribution < 1.29 is 14.3 Å². The number of nitrogens with zero attached hydrogens (tertiary/aromatic N) is 2. The van der Waals surface area contributed by atoms with Crippen molar-refractivity contribution >= 4 is 44.4 Å². The lowest BCUT2D eigenvalue weighted by atomic mass is 10.1. The number of hydrogen-bond acceptors (Lipinski definition) is 5. The quantitative estimate of drug-likeness (QED) is 0.629. The van der Waals surface area contributed by atoms with Crippen molar-refractivity contribution in [1.29, 1.82) is 0 Å². The molecule has 3 rings (SSSR count). The summed E-state index contributed by atoms with van der Waals surface area (Å²) >= 11 is 3.34. The van der Waals surface area contributed by atoms with E-state index in [4.69, 9.17) is 4.74 Å². The number of carbonyl (C=O) groups is 2. The number of rotatable bonds is 5. The summed E-state index contributed by atoms with van der Waals surface area (Å²) in [6, 6.07) is 11.8. The van der Waals surface area contributed by atoms with Crippen LogP contribution < -0.4 is 10.9 Å². The number of hydrogen-bond donors (Lipinski definition) is 1. The van der Waals surface area contributed by atoms with Crippen molar-refractivity contribution in [2.45, 2.75) is 13.0 Å². The third kappa shape index (κ3) is 4.22. The molecule has 0 unspecified atom stereocenters. The largest absolute Gasteiger partial charge is 0.465 e. The second-order valence-corrected chi connectivity index (χ2v) is 6.66. The van der Waals surface area contributed by atoms with Gasteiger partial charge < -0.3 is 10.1 Å². The van der Waals surface area contributed by atoms with Crippen molar-refractivity contribution in [2.24, 2.45) is 0 Å². The number of aromatic nitrogens is 2. The zero-order valence-corrected chi connectivity index (χ0v) is 16.0. The van der Waals surface area contributed by atoms with Gasteiger partial charge >= 0.3 is 5.97 Å². The van der Waals surface area contributed by atoms with Crippen LogP contribution in [0.5, 0.6) is 0 Å². The van der Waals surface area contributed by atoms with Crippen LogP contribution in [-0.4, -0.2) is 28.5 Å². The van der Waals surface area contributed by atoms with Gasteiger partial charge in [-0.2, -0.15) is 0 Å². The molecule has 1 amide bonds. The van der Waals surface area contributed by atoms with Gasteiger partial charge in [0.25, 0.3) is 5.56 Å². The van der Waals surface area contributed by atoms with E-state index in [1.165, 1.54) is 18.0 Å². The van der Waals surface area contributed by atoms with E-state index < -0.39 is 5.97 Å². The van der Waals surface area contributed by atoms with Gasteiger partial charge in [-0.25, -0.2) is 9.78 Å². The lowest BCUT2D eigenvalue weighted by Crippen LogP contribution is -2.24. The molecule has 0 saturated heterocycles. The molecule has 1 heterocycles. The van der Waals surface area contributed by atoms with E-state index in [1.54, 1.807) is 36.4 Å². The van der Waals surface area contributed by atoms with Gasteiger partial charge in [0, 0.05) is 17.4 Å².